The van der Waals surface area contributed by atoms with Crippen LogP contribution in [0.3, 0.4) is 0 Å². The number of aliphatic carboxylic acids is 1. The van der Waals surface area contributed by atoms with Crippen molar-refractivity contribution in [1.29, 1.82) is 0 Å². The van der Waals surface area contributed by atoms with Gasteiger partial charge in [-0.25, -0.2) is 4.79 Å². The third kappa shape index (κ3) is 7.38. The highest BCUT2D eigenvalue weighted by molar-refractivity contribution is 6.30. The fraction of sp³-hybridized carbons (Fsp3) is 0.535. The standard InChI is InChI=1S/C43H54ClN3O5/c1-5-18-47(4)24-30-26-51-38-21-31-20-32(19-28(2)25-50-37-12-17-45-36-11-6-8-29(3)40(36)37)42(35(31)23-39(38)52-27-30)13-15-43(16-14-42,41(48)49)46-34-10-7-9-33(44)22-34/h5,7,9-10,12,17,21-23,28-30,32,46H,1,6,8,11,13-16,18-20,24-27H2,2-4H3,(H,48,49)/t28-,29-,30?,32+,42?,43?/m1/s1. The van der Waals surface area contributed by atoms with Gasteiger partial charge in [0.25, 0.3) is 0 Å². The first kappa shape index (κ1) is 36.6. The largest absolute Gasteiger partial charge is 0.493 e. The van der Waals surface area contributed by atoms with Crippen molar-refractivity contribution in [3.8, 4) is 17.2 Å². The van der Waals surface area contributed by atoms with Crippen LogP contribution in [0, 0.1) is 17.8 Å². The van der Waals surface area contributed by atoms with E-state index in [1.807, 2.05) is 36.5 Å². The summed E-state index contributed by atoms with van der Waals surface area (Å²) in [5, 5.41) is 14.7. The number of halogens is 1. The Kier molecular flexibility index (Phi) is 10.8. The Balaban J connectivity index is 1.14. The number of benzene rings is 2. The summed E-state index contributed by atoms with van der Waals surface area (Å²) >= 11 is 6.30. The molecule has 278 valence electrons. The van der Waals surface area contributed by atoms with Crippen LogP contribution in [0.5, 0.6) is 17.2 Å². The molecule has 0 saturated heterocycles. The number of nitrogens with one attached hydrogen (secondary N) is 1. The summed E-state index contributed by atoms with van der Waals surface area (Å²) in [7, 11) is 2.09. The van der Waals surface area contributed by atoms with Crippen LogP contribution in [-0.2, 0) is 23.1 Å². The number of aryl methyl sites for hydroxylation is 1. The molecule has 4 aliphatic rings. The summed E-state index contributed by atoms with van der Waals surface area (Å²) in [6, 6.07) is 13.9. The first-order valence-corrected chi connectivity index (χ1v) is 19.6. The number of likely N-dealkylation sites (N-methyl/N-ethyl adjacent to an activating group) is 1. The Morgan fingerprint density at radius 1 is 1.17 bits per heavy atom. The first-order valence-electron chi connectivity index (χ1n) is 19.2. The number of nitrogens with zero attached hydrogens (tertiary/aromatic N) is 2. The van der Waals surface area contributed by atoms with E-state index in [-0.39, 0.29) is 11.3 Å². The van der Waals surface area contributed by atoms with Crippen LogP contribution < -0.4 is 19.5 Å². The number of carbonyl (C=O) groups is 1. The predicted molar refractivity (Wildman–Crippen MR) is 206 cm³/mol. The minimum absolute atomic E-state index is 0.183. The summed E-state index contributed by atoms with van der Waals surface area (Å²) in [5.74, 6) is 3.10. The number of pyridine rings is 1. The van der Waals surface area contributed by atoms with Crippen LogP contribution in [0.15, 0.2) is 61.3 Å². The molecule has 0 bridgehead atoms. The number of anilines is 1. The second-order valence-electron chi connectivity index (χ2n) is 16.1. The van der Waals surface area contributed by atoms with E-state index in [0.29, 0.717) is 55.4 Å². The highest BCUT2D eigenvalue weighted by Crippen LogP contribution is 2.58. The lowest BCUT2D eigenvalue weighted by Gasteiger charge is -2.47. The maximum Gasteiger partial charge on any atom is 0.329 e. The van der Waals surface area contributed by atoms with Gasteiger partial charge in [-0.15, -0.1) is 6.58 Å². The average molecular weight is 728 g/mol. The summed E-state index contributed by atoms with van der Waals surface area (Å²) < 4.78 is 19.5. The summed E-state index contributed by atoms with van der Waals surface area (Å²) in [5.41, 5.74) is 4.54. The van der Waals surface area contributed by atoms with E-state index in [1.54, 1.807) is 6.07 Å². The molecular weight excluding hydrogens is 674 g/mol. The van der Waals surface area contributed by atoms with Crippen molar-refractivity contribution in [3.63, 3.8) is 0 Å². The number of fused-ring (bicyclic) bond motifs is 4. The first-order chi connectivity index (χ1) is 25.1. The second-order valence-corrected chi connectivity index (χ2v) is 16.6. The van der Waals surface area contributed by atoms with Crippen LogP contribution >= 0.6 is 11.6 Å². The van der Waals surface area contributed by atoms with Gasteiger partial charge < -0.3 is 29.5 Å². The van der Waals surface area contributed by atoms with E-state index in [1.165, 1.54) is 35.2 Å². The van der Waals surface area contributed by atoms with Gasteiger partial charge in [-0.3, -0.25) is 4.98 Å². The van der Waals surface area contributed by atoms with Gasteiger partial charge in [-0.05, 0) is 136 Å². The van der Waals surface area contributed by atoms with Gasteiger partial charge >= 0.3 is 5.97 Å². The molecule has 2 aromatic carbocycles. The number of ether oxygens (including phenoxy) is 3. The van der Waals surface area contributed by atoms with Gasteiger partial charge in [-0.2, -0.15) is 0 Å². The van der Waals surface area contributed by atoms with Crippen molar-refractivity contribution in [1.82, 2.24) is 9.88 Å². The van der Waals surface area contributed by atoms with E-state index in [2.05, 4.69) is 54.8 Å². The van der Waals surface area contributed by atoms with Gasteiger partial charge in [0.2, 0.25) is 0 Å². The molecule has 0 radical (unpaired) electrons. The van der Waals surface area contributed by atoms with E-state index in [0.717, 1.165) is 68.1 Å². The highest BCUT2D eigenvalue weighted by atomic mass is 35.5. The maximum atomic E-state index is 13.0. The van der Waals surface area contributed by atoms with Crippen molar-refractivity contribution < 1.29 is 24.1 Å². The lowest BCUT2D eigenvalue weighted by atomic mass is 9.59. The highest BCUT2D eigenvalue weighted by Gasteiger charge is 2.54. The van der Waals surface area contributed by atoms with Crippen molar-refractivity contribution in [2.45, 2.75) is 88.5 Å². The molecule has 0 amide bonds. The van der Waals surface area contributed by atoms with Gasteiger partial charge in [0.1, 0.15) is 11.3 Å². The Morgan fingerprint density at radius 2 is 1.94 bits per heavy atom. The Bertz CT molecular complexity index is 1770. The molecule has 1 fully saturated rings. The molecule has 3 aliphatic carbocycles. The Morgan fingerprint density at radius 3 is 2.67 bits per heavy atom. The summed E-state index contributed by atoms with van der Waals surface area (Å²) in [6.07, 6.45) is 11.6. The van der Waals surface area contributed by atoms with Crippen molar-refractivity contribution in [2.75, 3.05) is 45.3 Å². The lowest BCUT2D eigenvalue weighted by Crippen LogP contribution is -2.53. The molecule has 8 nitrogen and oxygen atoms in total. The molecule has 3 aromatic rings. The SMILES string of the molecule is C=CCN(C)CC1COc2cc3c(cc2OC1)C1(CCC(Nc2cccc(Cl)c2)(C(=O)O)CC1)[C@@H](C[C@@H](C)COc1ccnc2c1[C@H](C)CCC2)C3. The van der Waals surface area contributed by atoms with Crippen molar-refractivity contribution in [2.24, 2.45) is 17.8 Å². The topological polar surface area (TPSA) is 93.2 Å². The Labute approximate surface area is 313 Å². The number of aromatic nitrogens is 1. The normalized spacial score (nSPS) is 27.0. The lowest BCUT2D eigenvalue weighted by molar-refractivity contribution is -0.144. The van der Waals surface area contributed by atoms with Gasteiger partial charge in [-0.1, -0.05) is 37.6 Å². The van der Waals surface area contributed by atoms with E-state index >= 15 is 0 Å². The molecule has 1 spiro atoms. The quantitative estimate of drug-likeness (QED) is 0.179. The van der Waals surface area contributed by atoms with Crippen LogP contribution in [-0.4, -0.2) is 66.5 Å². The smallest absolute Gasteiger partial charge is 0.329 e. The zero-order chi connectivity index (χ0) is 36.5. The molecule has 2 N–H and O–H groups in total. The number of rotatable bonds is 12. The van der Waals surface area contributed by atoms with Crippen molar-refractivity contribution in [3.05, 3.63) is 88.7 Å². The van der Waals surface area contributed by atoms with Crippen LogP contribution in [0.4, 0.5) is 5.69 Å². The summed E-state index contributed by atoms with van der Waals surface area (Å²) in [6.45, 7) is 12.0. The van der Waals surface area contributed by atoms with E-state index in [4.69, 9.17) is 25.8 Å². The maximum absolute atomic E-state index is 13.0. The minimum Gasteiger partial charge on any atom is -0.493 e. The van der Waals surface area contributed by atoms with Crippen LogP contribution in [0.1, 0.15) is 87.1 Å². The molecular formula is C43H54ClN3O5. The number of hydrogen-bond acceptors (Lipinski definition) is 7. The fourth-order valence-corrected chi connectivity index (χ4v) is 9.83. The summed E-state index contributed by atoms with van der Waals surface area (Å²) in [4.78, 5) is 20.0. The molecule has 1 saturated carbocycles. The third-order valence-corrected chi connectivity index (χ3v) is 12.5. The average Bonchev–Trinajstić information content (AvgIpc) is 3.25. The predicted octanol–water partition coefficient (Wildman–Crippen LogP) is 8.70. The van der Waals surface area contributed by atoms with Gasteiger partial charge in [0, 0.05) is 47.2 Å². The van der Waals surface area contributed by atoms with Crippen LogP contribution in [0.2, 0.25) is 5.02 Å². The van der Waals surface area contributed by atoms with Crippen LogP contribution in [0.25, 0.3) is 0 Å². The molecule has 1 unspecified atom stereocenters. The molecule has 52 heavy (non-hydrogen) atoms. The number of carboxylic acids is 1. The van der Waals surface area contributed by atoms with Gasteiger partial charge in [0.05, 0.1) is 19.8 Å². The number of carboxylic acid groups (broad SMARTS) is 1. The van der Waals surface area contributed by atoms with Crippen molar-refractivity contribution >= 4 is 23.3 Å². The van der Waals surface area contributed by atoms with Gasteiger partial charge in [0.15, 0.2) is 11.5 Å². The van der Waals surface area contributed by atoms with E-state index < -0.39 is 11.5 Å². The molecule has 1 aromatic heterocycles. The third-order valence-electron chi connectivity index (χ3n) is 12.3. The molecule has 9 heteroatoms. The van der Waals surface area contributed by atoms with E-state index in [9.17, 15) is 9.90 Å². The molecule has 1 aliphatic heterocycles. The molecule has 4 atom stereocenters. The second kappa shape index (κ2) is 15.3. The zero-order valence-electron chi connectivity index (χ0n) is 31.0. The minimum atomic E-state index is -1.08. The monoisotopic (exact) mass is 727 g/mol. The Hall–Kier alpha value is -3.75. The molecule has 2 heterocycles. The fourth-order valence-electron chi connectivity index (χ4n) is 9.64. The molecule has 7 rings (SSSR count). The zero-order valence-corrected chi connectivity index (χ0v) is 31.7. The number of hydrogen-bond donors (Lipinski definition) is 2.